The molecule has 0 aliphatic heterocycles. The van der Waals surface area contributed by atoms with E-state index in [1.165, 1.54) is 5.56 Å². The Morgan fingerprint density at radius 2 is 1.86 bits per heavy atom. The van der Waals surface area contributed by atoms with Gasteiger partial charge in [0.2, 0.25) is 5.91 Å². The minimum atomic E-state index is 0.177. The van der Waals surface area contributed by atoms with E-state index in [4.69, 9.17) is 9.47 Å². The summed E-state index contributed by atoms with van der Waals surface area (Å²) in [5.41, 5.74) is 1.20. The highest BCUT2D eigenvalue weighted by atomic mass is 16.5. The van der Waals surface area contributed by atoms with Crippen LogP contribution in [0, 0.1) is 0 Å². The highest BCUT2D eigenvalue weighted by molar-refractivity contribution is 5.75. The van der Waals surface area contributed by atoms with Crippen molar-refractivity contribution in [3.8, 4) is 11.5 Å². The molecule has 1 aromatic carbocycles. The Kier molecular flexibility index (Phi) is 7.61. The van der Waals surface area contributed by atoms with Crippen molar-refractivity contribution in [1.29, 1.82) is 0 Å². The second-order valence-electron chi connectivity index (χ2n) is 5.08. The molecule has 0 bridgehead atoms. The minimum Gasteiger partial charge on any atom is -0.493 e. The number of carbonyl (C=O) groups is 1. The molecule has 0 radical (unpaired) electrons. The van der Waals surface area contributed by atoms with E-state index >= 15 is 0 Å². The zero-order valence-electron chi connectivity index (χ0n) is 13.4. The number of carbonyl (C=O) groups excluding carboxylic acids is 1. The van der Waals surface area contributed by atoms with Crippen LogP contribution in [0.5, 0.6) is 11.5 Å². The normalized spacial score (nSPS) is 10.3. The second kappa shape index (κ2) is 9.23. The Bertz CT molecular complexity index is 447. The number of ether oxygens (including phenoxy) is 2. The SMILES string of the molecule is COc1ccc(CCNCCCC(=O)N(C)C)cc1OC. The van der Waals surface area contributed by atoms with Gasteiger partial charge in [-0.25, -0.2) is 0 Å². The lowest BCUT2D eigenvalue weighted by Crippen LogP contribution is -2.24. The predicted octanol–water partition coefficient (Wildman–Crippen LogP) is 1.70. The summed E-state index contributed by atoms with van der Waals surface area (Å²) in [4.78, 5) is 13.0. The molecule has 5 heteroatoms. The van der Waals surface area contributed by atoms with Crippen LogP contribution < -0.4 is 14.8 Å². The van der Waals surface area contributed by atoms with Gasteiger partial charge in [0, 0.05) is 20.5 Å². The van der Waals surface area contributed by atoms with Gasteiger partial charge in [0.1, 0.15) is 0 Å². The molecule has 0 atom stereocenters. The molecule has 118 valence electrons. The first-order valence-corrected chi connectivity index (χ1v) is 7.20. The van der Waals surface area contributed by atoms with Crippen molar-refractivity contribution >= 4 is 5.91 Å². The highest BCUT2D eigenvalue weighted by Gasteiger charge is 2.05. The van der Waals surface area contributed by atoms with E-state index in [-0.39, 0.29) is 5.91 Å². The van der Waals surface area contributed by atoms with Crippen molar-refractivity contribution in [3.63, 3.8) is 0 Å². The summed E-state index contributed by atoms with van der Waals surface area (Å²) in [6, 6.07) is 5.96. The maximum atomic E-state index is 11.4. The molecule has 0 unspecified atom stereocenters. The van der Waals surface area contributed by atoms with Crippen molar-refractivity contribution in [1.82, 2.24) is 10.2 Å². The quantitative estimate of drug-likeness (QED) is 0.704. The van der Waals surface area contributed by atoms with Crippen LogP contribution >= 0.6 is 0 Å². The van der Waals surface area contributed by atoms with Crippen LogP contribution in [-0.2, 0) is 11.2 Å². The maximum absolute atomic E-state index is 11.4. The number of methoxy groups -OCH3 is 2. The average Bonchev–Trinajstić information content (AvgIpc) is 2.49. The third-order valence-corrected chi connectivity index (χ3v) is 3.28. The number of benzene rings is 1. The van der Waals surface area contributed by atoms with Gasteiger partial charge in [0.05, 0.1) is 14.2 Å². The minimum absolute atomic E-state index is 0.177. The Morgan fingerprint density at radius 1 is 1.14 bits per heavy atom. The van der Waals surface area contributed by atoms with E-state index in [1.807, 2.05) is 18.2 Å². The molecule has 0 fully saturated rings. The third kappa shape index (κ3) is 6.04. The number of nitrogens with one attached hydrogen (secondary N) is 1. The zero-order valence-corrected chi connectivity index (χ0v) is 13.4. The standard InChI is InChI=1S/C16H26N2O3/c1-18(2)16(19)6-5-10-17-11-9-13-7-8-14(20-3)15(12-13)21-4/h7-8,12,17H,5-6,9-11H2,1-4H3. The van der Waals surface area contributed by atoms with Crippen LogP contribution in [0.4, 0.5) is 0 Å². The van der Waals surface area contributed by atoms with Crippen LogP contribution in [-0.4, -0.2) is 52.2 Å². The molecule has 0 spiro atoms. The van der Waals surface area contributed by atoms with Crippen molar-refractivity contribution in [3.05, 3.63) is 23.8 Å². The number of nitrogens with zero attached hydrogens (tertiary/aromatic N) is 1. The fraction of sp³-hybridized carbons (Fsp3) is 0.562. The third-order valence-electron chi connectivity index (χ3n) is 3.28. The molecule has 1 N–H and O–H groups in total. The zero-order chi connectivity index (χ0) is 15.7. The molecule has 5 nitrogen and oxygen atoms in total. The van der Waals surface area contributed by atoms with Gasteiger partial charge in [-0.05, 0) is 43.6 Å². The largest absolute Gasteiger partial charge is 0.493 e. The van der Waals surface area contributed by atoms with Gasteiger partial charge in [-0.2, -0.15) is 0 Å². The number of amides is 1. The molecule has 0 aromatic heterocycles. The molecular formula is C16H26N2O3. The van der Waals surface area contributed by atoms with Gasteiger partial charge in [-0.15, -0.1) is 0 Å². The van der Waals surface area contributed by atoms with Gasteiger partial charge in [-0.3, -0.25) is 4.79 Å². The van der Waals surface area contributed by atoms with Crippen LogP contribution in [0.1, 0.15) is 18.4 Å². The number of rotatable bonds is 9. The van der Waals surface area contributed by atoms with E-state index in [2.05, 4.69) is 5.32 Å². The average molecular weight is 294 g/mol. The summed E-state index contributed by atoms with van der Waals surface area (Å²) in [6.07, 6.45) is 2.38. The van der Waals surface area contributed by atoms with Crippen LogP contribution in [0.3, 0.4) is 0 Å². The topological polar surface area (TPSA) is 50.8 Å². The van der Waals surface area contributed by atoms with Crippen molar-refractivity contribution in [2.75, 3.05) is 41.4 Å². The van der Waals surface area contributed by atoms with E-state index in [0.29, 0.717) is 6.42 Å². The van der Waals surface area contributed by atoms with Crippen LogP contribution in [0.2, 0.25) is 0 Å². The first-order valence-electron chi connectivity index (χ1n) is 7.20. The van der Waals surface area contributed by atoms with Gasteiger partial charge in [0.15, 0.2) is 11.5 Å². The summed E-state index contributed by atoms with van der Waals surface area (Å²) in [6.45, 7) is 1.73. The van der Waals surface area contributed by atoms with Crippen molar-refractivity contribution < 1.29 is 14.3 Å². The van der Waals surface area contributed by atoms with Crippen molar-refractivity contribution in [2.45, 2.75) is 19.3 Å². The maximum Gasteiger partial charge on any atom is 0.222 e. The summed E-state index contributed by atoms with van der Waals surface area (Å²) >= 11 is 0. The molecule has 1 amide bonds. The molecule has 0 saturated carbocycles. The smallest absolute Gasteiger partial charge is 0.222 e. The molecule has 0 aliphatic carbocycles. The van der Waals surface area contributed by atoms with Gasteiger partial charge < -0.3 is 19.7 Å². The molecule has 1 aromatic rings. The Hall–Kier alpha value is -1.75. The Balaban J connectivity index is 2.25. The fourth-order valence-electron chi connectivity index (χ4n) is 1.98. The summed E-state index contributed by atoms with van der Waals surface area (Å²) in [5.74, 6) is 1.68. The molecule has 21 heavy (non-hydrogen) atoms. The number of hydrogen-bond acceptors (Lipinski definition) is 4. The predicted molar refractivity (Wildman–Crippen MR) is 84.0 cm³/mol. The highest BCUT2D eigenvalue weighted by Crippen LogP contribution is 2.27. The first kappa shape index (κ1) is 17.3. The summed E-state index contributed by atoms with van der Waals surface area (Å²) in [7, 11) is 6.84. The van der Waals surface area contributed by atoms with Crippen molar-refractivity contribution in [2.24, 2.45) is 0 Å². The summed E-state index contributed by atoms with van der Waals surface area (Å²) < 4.78 is 10.5. The Labute approximate surface area is 127 Å². The lowest BCUT2D eigenvalue weighted by molar-refractivity contribution is -0.128. The Morgan fingerprint density at radius 3 is 2.48 bits per heavy atom. The van der Waals surface area contributed by atoms with Crippen LogP contribution in [0.15, 0.2) is 18.2 Å². The monoisotopic (exact) mass is 294 g/mol. The van der Waals surface area contributed by atoms with E-state index in [1.54, 1.807) is 33.2 Å². The summed E-state index contributed by atoms with van der Waals surface area (Å²) in [5, 5.41) is 3.35. The van der Waals surface area contributed by atoms with Gasteiger partial charge in [-0.1, -0.05) is 6.07 Å². The van der Waals surface area contributed by atoms with E-state index in [0.717, 1.165) is 37.4 Å². The molecule has 1 rings (SSSR count). The lowest BCUT2D eigenvalue weighted by Gasteiger charge is -2.11. The fourth-order valence-corrected chi connectivity index (χ4v) is 1.98. The number of hydrogen-bond donors (Lipinski definition) is 1. The molecular weight excluding hydrogens is 268 g/mol. The lowest BCUT2D eigenvalue weighted by atomic mass is 10.1. The molecule has 0 aliphatic rings. The molecule has 0 heterocycles. The van der Waals surface area contributed by atoms with Crippen LogP contribution in [0.25, 0.3) is 0 Å². The van der Waals surface area contributed by atoms with Gasteiger partial charge in [0.25, 0.3) is 0 Å². The van der Waals surface area contributed by atoms with E-state index in [9.17, 15) is 4.79 Å². The van der Waals surface area contributed by atoms with E-state index < -0.39 is 0 Å². The first-order chi connectivity index (χ1) is 10.1. The second-order valence-corrected chi connectivity index (χ2v) is 5.08. The molecule has 0 saturated heterocycles. The van der Waals surface area contributed by atoms with Gasteiger partial charge >= 0.3 is 0 Å².